The summed E-state index contributed by atoms with van der Waals surface area (Å²) in [6, 6.07) is 7.30. The Balaban J connectivity index is 2.25. The van der Waals surface area contributed by atoms with Crippen LogP contribution in [0.2, 0.25) is 5.02 Å². The summed E-state index contributed by atoms with van der Waals surface area (Å²) in [5, 5.41) is 13.0. The smallest absolute Gasteiger partial charge is 0.332 e. The first-order chi connectivity index (χ1) is 12.8. The molecule has 3 rings (SSSR count). The van der Waals surface area contributed by atoms with Crippen molar-refractivity contribution in [3.8, 4) is 0 Å². The molecule has 0 fully saturated rings. The third-order valence-corrected chi connectivity index (χ3v) is 4.94. The number of halogens is 1. The summed E-state index contributed by atoms with van der Waals surface area (Å²) in [6.07, 6.45) is 0.520. The Kier molecular flexibility index (Phi) is 5.38. The maximum atomic E-state index is 12.8. The second-order valence-electron chi connectivity index (χ2n) is 6.55. The van der Waals surface area contributed by atoms with E-state index < -0.39 is 11.2 Å². The fourth-order valence-corrected chi connectivity index (χ4v) is 3.19. The Morgan fingerprint density at radius 3 is 2.59 bits per heavy atom. The molecule has 0 saturated heterocycles. The number of imidazole rings is 1. The largest absolute Gasteiger partial charge is 0.396 e. The van der Waals surface area contributed by atoms with Gasteiger partial charge in [-0.15, -0.1) is 0 Å². The van der Waals surface area contributed by atoms with E-state index in [0.29, 0.717) is 35.1 Å². The number of nitrogens with zero attached hydrogens (tertiary/aromatic N) is 4. The second-order valence-corrected chi connectivity index (χ2v) is 6.96. The van der Waals surface area contributed by atoms with Crippen LogP contribution in [0, 0.1) is 0 Å². The van der Waals surface area contributed by atoms with Crippen molar-refractivity contribution in [3.05, 3.63) is 55.7 Å². The zero-order valence-electron chi connectivity index (χ0n) is 15.4. The fourth-order valence-electron chi connectivity index (χ4n) is 2.99. The number of rotatable bonds is 6. The Bertz CT molecular complexity index is 1100. The molecule has 2 N–H and O–H groups in total. The molecule has 0 aliphatic carbocycles. The number of fused-ring (bicyclic) bond motifs is 1. The first kappa shape index (κ1) is 19.2. The maximum absolute atomic E-state index is 12.8. The summed E-state index contributed by atoms with van der Waals surface area (Å²) in [5.74, 6) is 0.448. The van der Waals surface area contributed by atoms with Crippen molar-refractivity contribution in [2.24, 2.45) is 14.1 Å². The van der Waals surface area contributed by atoms with E-state index in [0.717, 1.165) is 10.1 Å². The van der Waals surface area contributed by atoms with Crippen molar-refractivity contribution >= 4 is 28.7 Å². The summed E-state index contributed by atoms with van der Waals surface area (Å²) in [6.45, 7) is 2.25. The average molecular weight is 392 g/mol. The summed E-state index contributed by atoms with van der Waals surface area (Å²) in [7, 11) is 3.02. The van der Waals surface area contributed by atoms with Gasteiger partial charge in [-0.1, -0.05) is 29.8 Å². The predicted octanol–water partition coefficient (Wildman–Crippen LogP) is 1.32. The highest BCUT2D eigenvalue weighted by atomic mass is 35.5. The molecule has 27 heavy (non-hydrogen) atoms. The van der Waals surface area contributed by atoms with Gasteiger partial charge in [0.25, 0.3) is 5.56 Å². The Morgan fingerprint density at radius 2 is 1.93 bits per heavy atom. The van der Waals surface area contributed by atoms with Crippen molar-refractivity contribution in [2.45, 2.75) is 25.9 Å². The van der Waals surface area contributed by atoms with E-state index in [-0.39, 0.29) is 12.6 Å². The average Bonchev–Trinajstić information content (AvgIpc) is 2.98. The van der Waals surface area contributed by atoms with E-state index >= 15 is 0 Å². The monoisotopic (exact) mass is 391 g/mol. The van der Waals surface area contributed by atoms with Crippen LogP contribution in [0.25, 0.3) is 11.2 Å². The van der Waals surface area contributed by atoms with Crippen LogP contribution >= 0.6 is 11.6 Å². The van der Waals surface area contributed by atoms with Crippen LogP contribution in [0.4, 0.5) is 5.95 Å². The van der Waals surface area contributed by atoms with Crippen molar-refractivity contribution in [2.75, 3.05) is 11.9 Å². The molecule has 2 heterocycles. The molecule has 0 radical (unpaired) electrons. The number of aliphatic hydroxyl groups excluding tert-OH is 1. The molecule has 1 atom stereocenters. The zero-order chi connectivity index (χ0) is 19.7. The number of hydrogen-bond donors (Lipinski definition) is 2. The molecule has 1 aromatic carbocycles. The number of anilines is 1. The van der Waals surface area contributed by atoms with Crippen molar-refractivity contribution in [3.63, 3.8) is 0 Å². The molecular weight excluding hydrogens is 370 g/mol. The van der Waals surface area contributed by atoms with Gasteiger partial charge in [0.2, 0.25) is 5.95 Å². The molecule has 2 aromatic heterocycles. The molecular formula is C18H22ClN5O3. The standard InChI is InChI=1S/C18H22ClN5O3/c1-11(8-9-25)20-17-21-15-14(16(26)23(3)18(27)22(15)2)24(17)10-12-6-4-5-7-13(12)19/h4-7,11,25H,8-10H2,1-3H3,(H,20,21). The minimum absolute atomic E-state index is 0.0269. The summed E-state index contributed by atoms with van der Waals surface area (Å²) in [5.41, 5.74) is 0.583. The van der Waals surface area contributed by atoms with Crippen molar-refractivity contribution in [1.82, 2.24) is 18.7 Å². The second kappa shape index (κ2) is 7.58. The van der Waals surface area contributed by atoms with Gasteiger partial charge in [0, 0.05) is 31.8 Å². The molecule has 1 unspecified atom stereocenters. The quantitative estimate of drug-likeness (QED) is 0.661. The third-order valence-electron chi connectivity index (χ3n) is 4.57. The number of aryl methyl sites for hydroxylation is 1. The van der Waals surface area contributed by atoms with Crippen LogP contribution in [-0.2, 0) is 20.6 Å². The van der Waals surface area contributed by atoms with Crippen LogP contribution in [0.15, 0.2) is 33.9 Å². The minimum atomic E-state index is -0.440. The van der Waals surface area contributed by atoms with E-state index in [9.17, 15) is 14.7 Å². The van der Waals surface area contributed by atoms with Gasteiger partial charge in [-0.3, -0.25) is 18.5 Å². The Hall–Kier alpha value is -2.58. The summed E-state index contributed by atoms with van der Waals surface area (Å²) >= 11 is 6.30. The van der Waals surface area contributed by atoms with Crippen LogP contribution in [-0.4, -0.2) is 36.4 Å². The van der Waals surface area contributed by atoms with E-state index in [4.69, 9.17) is 11.6 Å². The predicted molar refractivity (Wildman–Crippen MR) is 106 cm³/mol. The van der Waals surface area contributed by atoms with Gasteiger partial charge < -0.3 is 10.4 Å². The number of nitrogens with one attached hydrogen (secondary N) is 1. The highest BCUT2D eigenvalue weighted by Gasteiger charge is 2.20. The Labute approximate surface area is 160 Å². The van der Waals surface area contributed by atoms with Gasteiger partial charge in [0.05, 0.1) is 6.54 Å². The zero-order valence-corrected chi connectivity index (χ0v) is 16.2. The molecule has 9 heteroatoms. The number of hydrogen-bond acceptors (Lipinski definition) is 5. The van der Waals surface area contributed by atoms with Crippen molar-refractivity contribution in [1.29, 1.82) is 0 Å². The molecule has 0 spiro atoms. The number of benzene rings is 1. The molecule has 3 aromatic rings. The molecule has 0 bridgehead atoms. The minimum Gasteiger partial charge on any atom is -0.396 e. The number of aromatic nitrogens is 4. The van der Waals surface area contributed by atoms with E-state index in [1.165, 1.54) is 11.6 Å². The van der Waals surface area contributed by atoms with Gasteiger partial charge in [0.1, 0.15) is 0 Å². The lowest BCUT2D eigenvalue weighted by Crippen LogP contribution is -2.37. The van der Waals surface area contributed by atoms with Gasteiger partial charge in [-0.2, -0.15) is 4.98 Å². The molecule has 8 nitrogen and oxygen atoms in total. The first-order valence-corrected chi connectivity index (χ1v) is 9.00. The van der Waals surface area contributed by atoms with E-state index in [1.807, 2.05) is 25.1 Å². The van der Waals surface area contributed by atoms with Crippen LogP contribution < -0.4 is 16.6 Å². The van der Waals surface area contributed by atoms with E-state index in [2.05, 4.69) is 10.3 Å². The lowest BCUT2D eigenvalue weighted by Gasteiger charge is -2.16. The molecule has 0 aliphatic heterocycles. The molecule has 0 aliphatic rings. The van der Waals surface area contributed by atoms with Gasteiger partial charge in [-0.25, -0.2) is 4.79 Å². The molecule has 0 amide bonds. The summed E-state index contributed by atoms with van der Waals surface area (Å²) in [4.78, 5) is 29.6. The van der Waals surface area contributed by atoms with Gasteiger partial charge >= 0.3 is 5.69 Å². The molecule has 0 saturated carbocycles. The van der Waals surface area contributed by atoms with Gasteiger partial charge in [0.15, 0.2) is 11.2 Å². The van der Waals surface area contributed by atoms with Gasteiger partial charge in [-0.05, 0) is 25.0 Å². The lowest BCUT2D eigenvalue weighted by atomic mass is 10.2. The van der Waals surface area contributed by atoms with Crippen LogP contribution in [0.5, 0.6) is 0 Å². The van der Waals surface area contributed by atoms with Crippen LogP contribution in [0.3, 0.4) is 0 Å². The molecule has 144 valence electrons. The number of aliphatic hydroxyl groups is 1. The van der Waals surface area contributed by atoms with Crippen LogP contribution in [0.1, 0.15) is 18.9 Å². The Morgan fingerprint density at radius 1 is 1.22 bits per heavy atom. The SMILES string of the molecule is CC(CCO)Nc1nc2c(c(=O)n(C)c(=O)n2C)n1Cc1ccccc1Cl. The first-order valence-electron chi connectivity index (χ1n) is 8.62. The van der Waals surface area contributed by atoms with Crippen molar-refractivity contribution < 1.29 is 5.11 Å². The topological polar surface area (TPSA) is 94.1 Å². The fraction of sp³-hybridized carbons (Fsp3) is 0.389. The maximum Gasteiger partial charge on any atom is 0.332 e. The highest BCUT2D eigenvalue weighted by Crippen LogP contribution is 2.22. The highest BCUT2D eigenvalue weighted by molar-refractivity contribution is 6.31. The summed E-state index contributed by atoms with van der Waals surface area (Å²) < 4.78 is 4.14. The lowest BCUT2D eigenvalue weighted by molar-refractivity contribution is 0.282. The third kappa shape index (κ3) is 3.50. The van der Waals surface area contributed by atoms with E-state index in [1.54, 1.807) is 17.7 Å². The normalized spacial score (nSPS) is 12.5.